The quantitative estimate of drug-likeness (QED) is 0.400. The third-order valence-electron chi connectivity index (χ3n) is 5.83. The first-order valence-corrected chi connectivity index (χ1v) is 13.2. The van der Waals surface area contributed by atoms with Gasteiger partial charge in [-0.3, -0.25) is 9.59 Å². The Hall–Kier alpha value is -3.49. The van der Waals surface area contributed by atoms with Gasteiger partial charge in [0.05, 0.1) is 28.9 Å². The summed E-state index contributed by atoms with van der Waals surface area (Å²) in [6.45, 7) is 1.37. The van der Waals surface area contributed by atoms with Gasteiger partial charge in [-0.25, -0.2) is 8.42 Å². The first-order chi connectivity index (χ1) is 17.8. The standard InChI is InChI=1S/C24H24F3N5O5S.ClH/c1-14-30-21(31-37-14)16-5-3-15(4-6-16)12-32-19-11-17(22(33)29-10-2-9-24(25,26)27)7-8-20(19)38(35,36)13-18(28)23(32)34;/h3-8,11,18H,2,9-10,12-13,28H2,1H3,(H,29,33);1H/t18-;/m0./s1. The number of rotatable bonds is 7. The van der Waals surface area contributed by atoms with Gasteiger partial charge in [0, 0.05) is 31.0 Å². The molecule has 4 rings (SSSR count). The summed E-state index contributed by atoms with van der Waals surface area (Å²) in [5.74, 6) is -1.20. The average molecular weight is 588 g/mol. The van der Waals surface area contributed by atoms with Crippen molar-refractivity contribution < 1.29 is 35.7 Å². The SMILES string of the molecule is Cc1nc(-c2ccc(CN3C(=O)[C@@H](N)CS(=O)(=O)c4ccc(C(=O)NCCCC(F)(F)F)cc43)cc2)no1.Cl. The van der Waals surface area contributed by atoms with E-state index in [9.17, 15) is 31.2 Å². The zero-order valence-electron chi connectivity index (χ0n) is 20.6. The molecule has 1 atom stereocenters. The van der Waals surface area contributed by atoms with Gasteiger partial charge in [-0.2, -0.15) is 18.2 Å². The zero-order valence-corrected chi connectivity index (χ0v) is 22.2. The maximum atomic E-state index is 13.2. The molecule has 0 radical (unpaired) electrons. The average Bonchev–Trinajstić information content (AvgIpc) is 3.27. The van der Waals surface area contributed by atoms with Crippen LogP contribution in [0.1, 0.15) is 34.7 Å². The number of hydrogen-bond acceptors (Lipinski definition) is 8. The number of aromatic nitrogens is 2. The summed E-state index contributed by atoms with van der Waals surface area (Å²) in [7, 11) is -3.98. The summed E-state index contributed by atoms with van der Waals surface area (Å²) < 4.78 is 68.0. The maximum Gasteiger partial charge on any atom is 0.389 e. The van der Waals surface area contributed by atoms with Gasteiger partial charge in [0.25, 0.3) is 5.91 Å². The van der Waals surface area contributed by atoms with Gasteiger partial charge in [0.2, 0.25) is 17.6 Å². The van der Waals surface area contributed by atoms with Crippen LogP contribution in [-0.4, -0.2) is 54.9 Å². The summed E-state index contributed by atoms with van der Waals surface area (Å²) in [4.78, 5) is 30.9. The molecule has 0 aliphatic carbocycles. The largest absolute Gasteiger partial charge is 0.389 e. The predicted octanol–water partition coefficient (Wildman–Crippen LogP) is 3.19. The molecule has 39 heavy (non-hydrogen) atoms. The number of sulfone groups is 1. The highest BCUT2D eigenvalue weighted by atomic mass is 35.5. The molecule has 0 unspecified atom stereocenters. The molecule has 2 aromatic carbocycles. The third-order valence-corrected chi connectivity index (χ3v) is 7.65. The van der Waals surface area contributed by atoms with Crippen LogP contribution in [-0.2, 0) is 21.2 Å². The van der Waals surface area contributed by atoms with Gasteiger partial charge in [-0.15, -0.1) is 12.4 Å². The van der Waals surface area contributed by atoms with Crippen LogP contribution in [0.5, 0.6) is 0 Å². The lowest BCUT2D eigenvalue weighted by atomic mass is 10.1. The van der Waals surface area contributed by atoms with Crippen molar-refractivity contribution in [3.8, 4) is 11.4 Å². The summed E-state index contributed by atoms with van der Waals surface area (Å²) in [5.41, 5.74) is 7.17. The highest BCUT2D eigenvalue weighted by molar-refractivity contribution is 7.91. The van der Waals surface area contributed by atoms with Crippen LogP contribution in [0.3, 0.4) is 0 Å². The fraction of sp³-hybridized carbons (Fsp3) is 0.333. The second kappa shape index (κ2) is 11.7. The van der Waals surface area contributed by atoms with E-state index in [2.05, 4.69) is 15.5 Å². The predicted molar refractivity (Wildman–Crippen MR) is 137 cm³/mol. The number of nitrogens with zero attached hydrogens (tertiary/aromatic N) is 3. The van der Waals surface area contributed by atoms with Crippen molar-refractivity contribution in [2.45, 2.75) is 43.4 Å². The number of carbonyl (C=O) groups is 2. The molecule has 3 N–H and O–H groups in total. The third kappa shape index (κ3) is 7.13. The number of anilines is 1. The number of amides is 2. The van der Waals surface area contributed by atoms with Crippen molar-refractivity contribution in [3.63, 3.8) is 0 Å². The van der Waals surface area contributed by atoms with Crippen LogP contribution in [0.15, 0.2) is 51.9 Å². The number of carbonyl (C=O) groups excluding carboxylic acids is 2. The molecule has 1 aliphatic heterocycles. The first-order valence-electron chi connectivity index (χ1n) is 11.5. The number of alkyl halides is 3. The van der Waals surface area contributed by atoms with Crippen molar-refractivity contribution in [2.75, 3.05) is 17.2 Å². The summed E-state index contributed by atoms with van der Waals surface area (Å²) >= 11 is 0. The monoisotopic (exact) mass is 587 g/mol. The van der Waals surface area contributed by atoms with E-state index in [1.807, 2.05) is 0 Å². The molecule has 0 saturated carbocycles. The lowest BCUT2D eigenvalue weighted by molar-refractivity contribution is -0.135. The molecule has 1 aliphatic rings. The van der Waals surface area contributed by atoms with Crippen molar-refractivity contribution in [1.29, 1.82) is 0 Å². The maximum absolute atomic E-state index is 13.2. The highest BCUT2D eigenvalue weighted by Crippen LogP contribution is 2.33. The number of nitrogens with one attached hydrogen (secondary N) is 1. The molecular weight excluding hydrogens is 563 g/mol. The summed E-state index contributed by atoms with van der Waals surface area (Å²) in [5, 5.41) is 6.24. The summed E-state index contributed by atoms with van der Waals surface area (Å²) in [6.07, 6.45) is -5.71. The Morgan fingerprint density at radius 2 is 1.90 bits per heavy atom. The van der Waals surface area contributed by atoms with E-state index in [4.69, 9.17) is 10.3 Å². The Bertz CT molecular complexity index is 1460. The van der Waals surface area contributed by atoms with Crippen LogP contribution in [0.4, 0.5) is 18.9 Å². The fourth-order valence-corrected chi connectivity index (χ4v) is 5.52. The van der Waals surface area contributed by atoms with Crippen molar-refractivity contribution >= 4 is 39.7 Å². The fourth-order valence-electron chi connectivity index (χ4n) is 3.96. The van der Waals surface area contributed by atoms with E-state index in [0.29, 0.717) is 22.8 Å². The number of fused-ring (bicyclic) bond motifs is 1. The molecule has 0 saturated heterocycles. The Morgan fingerprint density at radius 1 is 1.21 bits per heavy atom. The van der Waals surface area contributed by atoms with Crippen molar-refractivity contribution in [3.05, 3.63) is 59.5 Å². The van der Waals surface area contributed by atoms with E-state index in [1.165, 1.54) is 23.1 Å². The molecule has 15 heteroatoms. The minimum Gasteiger partial charge on any atom is -0.352 e. The van der Waals surface area contributed by atoms with Gasteiger partial charge in [0.15, 0.2) is 9.84 Å². The topological polar surface area (TPSA) is 148 Å². The molecule has 2 heterocycles. The molecule has 0 spiro atoms. The number of halogens is 4. The van der Waals surface area contributed by atoms with Crippen LogP contribution in [0, 0.1) is 6.92 Å². The van der Waals surface area contributed by atoms with E-state index in [1.54, 1.807) is 31.2 Å². The van der Waals surface area contributed by atoms with Gasteiger partial charge >= 0.3 is 6.18 Å². The van der Waals surface area contributed by atoms with E-state index >= 15 is 0 Å². The van der Waals surface area contributed by atoms with E-state index in [-0.39, 0.29) is 48.1 Å². The molecule has 0 fully saturated rings. The first kappa shape index (κ1) is 30.1. The van der Waals surface area contributed by atoms with Crippen molar-refractivity contribution in [1.82, 2.24) is 15.5 Å². The second-order valence-corrected chi connectivity index (χ2v) is 10.8. The summed E-state index contributed by atoms with van der Waals surface area (Å²) in [6, 6.07) is 9.18. The van der Waals surface area contributed by atoms with Gasteiger partial charge in [-0.05, 0) is 30.2 Å². The van der Waals surface area contributed by atoms with Crippen LogP contribution < -0.4 is 16.0 Å². The second-order valence-electron chi connectivity index (χ2n) is 8.80. The normalized spacial score (nSPS) is 16.7. The van der Waals surface area contributed by atoms with Crippen LogP contribution in [0.25, 0.3) is 11.4 Å². The van der Waals surface area contributed by atoms with Crippen LogP contribution >= 0.6 is 12.4 Å². The zero-order chi connectivity index (χ0) is 27.7. The molecule has 3 aromatic rings. The minimum atomic E-state index is -4.34. The van der Waals surface area contributed by atoms with Crippen molar-refractivity contribution in [2.24, 2.45) is 5.73 Å². The number of benzene rings is 2. The Labute approximate surface area is 228 Å². The number of hydrogen-bond donors (Lipinski definition) is 2. The van der Waals surface area contributed by atoms with E-state index in [0.717, 1.165) is 0 Å². The Kier molecular flexibility index (Phi) is 9.03. The Morgan fingerprint density at radius 3 is 2.51 bits per heavy atom. The molecule has 0 bridgehead atoms. The molecular formula is C24H25ClF3N5O5S. The lowest BCUT2D eigenvalue weighted by Gasteiger charge is -2.24. The molecule has 10 nitrogen and oxygen atoms in total. The van der Waals surface area contributed by atoms with E-state index < -0.39 is 46.0 Å². The number of nitrogens with two attached hydrogens (primary N) is 1. The van der Waals surface area contributed by atoms with Crippen LogP contribution in [0.2, 0.25) is 0 Å². The minimum absolute atomic E-state index is 0. The lowest BCUT2D eigenvalue weighted by Crippen LogP contribution is -2.45. The molecule has 210 valence electrons. The molecule has 1 aromatic heterocycles. The molecule has 2 amide bonds. The Balaban J connectivity index is 0.00000420. The highest BCUT2D eigenvalue weighted by Gasteiger charge is 2.36. The smallest absolute Gasteiger partial charge is 0.352 e. The van der Waals surface area contributed by atoms with Gasteiger partial charge in [0.1, 0.15) is 0 Å². The number of aryl methyl sites for hydroxylation is 1. The van der Waals surface area contributed by atoms with Gasteiger partial charge in [-0.1, -0.05) is 29.4 Å². The van der Waals surface area contributed by atoms with Gasteiger partial charge < -0.3 is 20.5 Å².